The maximum absolute atomic E-state index is 13.6. The summed E-state index contributed by atoms with van der Waals surface area (Å²) in [7, 11) is 3.49. The number of piperidine rings is 1. The van der Waals surface area contributed by atoms with Gasteiger partial charge in [-0.15, -0.1) is 0 Å². The number of aromatic nitrogens is 2. The van der Waals surface area contributed by atoms with Crippen molar-refractivity contribution in [1.82, 2.24) is 19.4 Å². The van der Waals surface area contributed by atoms with E-state index in [-0.39, 0.29) is 24.2 Å². The number of carbonyl (C=O) groups is 1. The average Bonchev–Trinajstić information content (AvgIpc) is 3.29. The normalized spacial score (nSPS) is 14.6. The van der Waals surface area contributed by atoms with Gasteiger partial charge in [0.15, 0.2) is 0 Å². The van der Waals surface area contributed by atoms with Crippen molar-refractivity contribution in [3.63, 3.8) is 0 Å². The van der Waals surface area contributed by atoms with Crippen LogP contribution in [-0.2, 0) is 16.8 Å². The molecule has 0 atom stereocenters. The number of fused-ring (bicyclic) bond motifs is 1. The smallest absolute Gasteiger partial charge is 0.382 e. The van der Waals surface area contributed by atoms with Crippen LogP contribution in [0, 0.1) is 23.2 Å². The van der Waals surface area contributed by atoms with Crippen LogP contribution in [-0.4, -0.2) is 77.8 Å². The molecule has 1 amide bonds. The minimum absolute atomic E-state index is 0.0650. The third-order valence-electron chi connectivity index (χ3n) is 7.37. The summed E-state index contributed by atoms with van der Waals surface area (Å²) in [6, 6.07) is 12.9. The highest BCUT2D eigenvalue weighted by Crippen LogP contribution is 2.31. The largest absolute Gasteiger partial charge is 0.406 e. The second-order valence-corrected chi connectivity index (χ2v) is 11.3. The van der Waals surface area contributed by atoms with E-state index >= 15 is 0 Å². The Morgan fingerprint density at radius 1 is 1.17 bits per heavy atom. The van der Waals surface area contributed by atoms with Crippen LogP contribution < -0.4 is 10.6 Å². The molecule has 1 fully saturated rings. The molecular weight excluding hydrogens is 543 g/mol. The zero-order valence-corrected chi connectivity index (χ0v) is 24.3. The SMILES string of the molecule is CN(C)C(=O)CN1CCC(Nc2cccc3c2cc(C#CCNc2ccc(C(C)(C)C#N)nc2)n3CC(F)(F)F)CC1. The number of hydrogen-bond donors (Lipinski definition) is 2. The van der Waals surface area contributed by atoms with E-state index in [1.54, 1.807) is 69.4 Å². The lowest BCUT2D eigenvalue weighted by atomic mass is 9.91. The van der Waals surface area contributed by atoms with Crippen LogP contribution in [0.2, 0.25) is 0 Å². The molecule has 1 aromatic carbocycles. The molecule has 3 aromatic rings. The molecule has 4 rings (SSSR count). The standard InChI is InChI=1S/C31H36F3N7O/c1-30(2,20-35)28-11-10-23(18-37-28)36-14-6-7-24-17-25-26(8-5-9-27(25)41(24)21-31(32,33)34)38-22-12-15-40(16-13-22)19-29(42)39(3)4/h5,8-11,17-18,22,36,38H,12-16,19,21H2,1-4H3. The summed E-state index contributed by atoms with van der Waals surface area (Å²) in [6.07, 6.45) is -1.16. The summed E-state index contributed by atoms with van der Waals surface area (Å²) in [4.78, 5) is 20.1. The zero-order chi connectivity index (χ0) is 30.5. The Morgan fingerprint density at radius 3 is 2.52 bits per heavy atom. The van der Waals surface area contributed by atoms with Crippen LogP contribution in [0.5, 0.6) is 0 Å². The van der Waals surface area contributed by atoms with E-state index in [2.05, 4.69) is 38.4 Å². The van der Waals surface area contributed by atoms with Crippen LogP contribution in [0.4, 0.5) is 24.5 Å². The molecule has 8 nitrogen and oxygen atoms in total. The summed E-state index contributed by atoms with van der Waals surface area (Å²) in [6.45, 7) is 4.54. The fourth-order valence-corrected chi connectivity index (χ4v) is 4.86. The number of anilines is 2. The number of nitrogens with one attached hydrogen (secondary N) is 2. The van der Waals surface area contributed by atoms with Gasteiger partial charge in [0.05, 0.1) is 53.4 Å². The number of rotatable bonds is 8. The van der Waals surface area contributed by atoms with Gasteiger partial charge in [0.25, 0.3) is 0 Å². The van der Waals surface area contributed by atoms with Gasteiger partial charge in [-0.05, 0) is 62.9 Å². The van der Waals surface area contributed by atoms with Gasteiger partial charge in [-0.25, -0.2) is 0 Å². The van der Waals surface area contributed by atoms with E-state index < -0.39 is 18.1 Å². The lowest BCUT2D eigenvalue weighted by Crippen LogP contribution is -2.43. The van der Waals surface area contributed by atoms with Crippen LogP contribution >= 0.6 is 0 Å². The number of amides is 1. The van der Waals surface area contributed by atoms with Crippen molar-refractivity contribution in [1.29, 1.82) is 5.26 Å². The Bertz CT molecular complexity index is 1500. The van der Waals surface area contributed by atoms with E-state index in [0.717, 1.165) is 31.6 Å². The molecule has 1 saturated heterocycles. The quantitative estimate of drug-likeness (QED) is 0.372. The molecule has 0 aliphatic carbocycles. The van der Waals surface area contributed by atoms with Crippen molar-refractivity contribution >= 4 is 28.2 Å². The van der Waals surface area contributed by atoms with Crippen LogP contribution in [0.15, 0.2) is 42.6 Å². The number of hydrogen-bond acceptors (Lipinski definition) is 6. The maximum Gasteiger partial charge on any atom is 0.406 e. The molecule has 1 aliphatic rings. The van der Waals surface area contributed by atoms with Crippen molar-refractivity contribution < 1.29 is 18.0 Å². The Balaban J connectivity index is 1.48. The molecule has 2 aromatic heterocycles. The summed E-state index contributed by atoms with van der Waals surface area (Å²) in [5.41, 5.74) is 2.14. The van der Waals surface area contributed by atoms with Crippen molar-refractivity contribution in [3.05, 3.63) is 54.0 Å². The van der Waals surface area contributed by atoms with E-state index in [1.807, 2.05) is 6.07 Å². The van der Waals surface area contributed by atoms with Gasteiger partial charge in [0.2, 0.25) is 5.91 Å². The van der Waals surface area contributed by atoms with E-state index in [1.165, 1.54) is 4.57 Å². The Kier molecular flexibility index (Phi) is 9.33. The van der Waals surface area contributed by atoms with Gasteiger partial charge in [0, 0.05) is 44.3 Å². The number of alkyl halides is 3. The number of nitrogens with zero attached hydrogens (tertiary/aromatic N) is 5. The molecule has 2 N–H and O–H groups in total. The van der Waals surface area contributed by atoms with E-state index in [4.69, 9.17) is 0 Å². The minimum atomic E-state index is -4.41. The molecule has 0 saturated carbocycles. The van der Waals surface area contributed by atoms with Gasteiger partial charge in [-0.3, -0.25) is 14.7 Å². The van der Waals surface area contributed by atoms with Crippen molar-refractivity contribution in [2.75, 3.05) is 50.9 Å². The van der Waals surface area contributed by atoms with E-state index in [0.29, 0.717) is 28.8 Å². The van der Waals surface area contributed by atoms with Crippen molar-refractivity contribution in [2.45, 2.75) is 50.9 Å². The molecule has 222 valence electrons. The van der Waals surface area contributed by atoms with Crippen LogP contribution in [0.3, 0.4) is 0 Å². The first-order valence-corrected chi connectivity index (χ1v) is 13.8. The van der Waals surface area contributed by atoms with E-state index in [9.17, 15) is 23.2 Å². The summed E-state index contributed by atoms with van der Waals surface area (Å²) in [5.74, 6) is 5.92. The first-order chi connectivity index (χ1) is 19.9. The molecular formula is C31H36F3N7O. The lowest BCUT2D eigenvalue weighted by molar-refractivity contribution is -0.140. The number of carbonyl (C=O) groups excluding carboxylic acids is 1. The fourth-order valence-electron chi connectivity index (χ4n) is 4.86. The predicted molar refractivity (Wildman–Crippen MR) is 158 cm³/mol. The first kappa shape index (κ1) is 30.7. The topological polar surface area (TPSA) is 89.2 Å². The summed E-state index contributed by atoms with van der Waals surface area (Å²) < 4.78 is 41.9. The molecule has 0 spiro atoms. The predicted octanol–water partition coefficient (Wildman–Crippen LogP) is 4.83. The Labute approximate surface area is 244 Å². The zero-order valence-electron chi connectivity index (χ0n) is 24.3. The third-order valence-corrected chi connectivity index (χ3v) is 7.37. The number of likely N-dealkylation sites (N-methyl/N-ethyl adjacent to an activating group) is 1. The molecule has 3 heterocycles. The second-order valence-electron chi connectivity index (χ2n) is 11.3. The second kappa shape index (κ2) is 12.7. The summed E-state index contributed by atoms with van der Waals surface area (Å²) in [5, 5.41) is 16.6. The first-order valence-electron chi connectivity index (χ1n) is 13.8. The number of likely N-dealkylation sites (tertiary alicyclic amines) is 1. The Morgan fingerprint density at radius 2 is 1.90 bits per heavy atom. The summed E-state index contributed by atoms with van der Waals surface area (Å²) >= 11 is 0. The third kappa shape index (κ3) is 7.74. The molecule has 0 unspecified atom stereocenters. The highest BCUT2D eigenvalue weighted by atomic mass is 19.4. The monoisotopic (exact) mass is 579 g/mol. The number of nitriles is 1. The molecule has 0 bridgehead atoms. The fraction of sp³-hybridized carbons (Fsp3) is 0.452. The van der Waals surface area contributed by atoms with Gasteiger partial charge >= 0.3 is 6.18 Å². The average molecular weight is 580 g/mol. The minimum Gasteiger partial charge on any atom is -0.382 e. The molecule has 1 aliphatic heterocycles. The number of pyridine rings is 1. The number of benzene rings is 1. The number of halogens is 3. The molecule has 42 heavy (non-hydrogen) atoms. The highest BCUT2D eigenvalue weighted by molar-refractivity contribution is 5.94. The molecule has 0 radical (unpaired) electrons. The van der Waals surface area contributed by atoms with Crippen molar-refractivity contribution in [2.24, 2.45) is 0 Å². The van der Waals surface area contributed by atoms with Gasteiger partial charge in [-0.1, -0.05) is 12.0 Å². The van der Waals surface area contributed by atoms with Gasteiger partial charge < -0.3 is 20.1 Å². The molecule has 11 heteroatoms. The van der Waals surface area contributed by atoms with Crippen LogP contribution in [0.1, 0.15) is 38.1 Å². The maximum atomic E-state index is 13.6. The van der Waals surface area contributed by atoms with Crippen LogP contribution in [0.25, 0.3) is 10.9 Å². The van der Waals surface area contributed by atoms with Gasteiger partial charge in [-0.2, -0.15) is 18.4 Å². The Hall–Kier alpha value is -4.22. The van der Waals surface area contributed by atoms with Crippen molar-refractivity contribution in [3.8, 4) is 17.9 Å². The lowest BCUT2D eigenvalue weighted by Gasteiger charge is -2.33. The highest BCUT2D eigenvalue weighted by Gasteiger charge is 2.30. The van der Waals surface area contributed by atoms with Gasteiger partial charge in [0.1, 0.15) is 6.54 Å².